The highest BCUT2D eigenvalue weighted by Gasteiger charge is 2.15. The average Bonchev–Trinajstić information content (AvgIpc) is 2.70. The fourth-order valence-corrected chi connectivity index (χ4v) is 3.28. The molecule has 1 aromatic heterocycles. The van der Waals surface area contributed by atoms with Gasteiger partial charge in [0.15, 0.2) is 0 Å². The summed E-state index contributed by atoms with van der Waals surface area (Å²) in [7, 11) is 1.62. The molecule has 0 fully saturated rings. The summed E-state index contributed by atoms with van der Waals surface area (Å²) in [5, 5.41) is 4.75. The van der Waals surface area contributed by atoms with E-state index in [-0.39, 0.29) is 5.56 Å². The number of halogens is 1. The number of ether oxygens (including phenoxy) is 1. The van der Waals surface area contributed by atoms with Gasteiger partial charge in [-0.1, -0.05) is 41.9 Å². The van der Waals surface area contributed by atoms with Crippen molar-refractivity contribution in [2.45, 2.75) is 0 Å². The molecule has 3 aromatic carbocycles. The first-order valence-corrected chi connectivity index (χ1v) is 8.85. The van der Waals surface area contributed by atoms with Crippen LogP contribution in [0.25, 0.3) is 22.0 Å². The molecule has 0 aliphatic rings. The van der Waals surface area contributed by atoms with Crippen molar-refractivity contribution in [2.75, 3.05) is 12.4 Å². The van der Waals surface area contributed by atoms with Gasteiger partial charge in [-0.2, -0.15) is 0 Å². The molecule has 1 heterocycles. The van der Waals surface area contributed by atoms with E-state index in [4.69, 9.17) is 16.3 Å². The Bertz CT molecular complexity index is 1150. The van der Waals surface area contributed by atoms with E-state index in [1.165, 1.54) is 0 Å². The molecule has 0 aliphatic carbocycles. The van der Waals surface area contributed by atoms with Crippen molar-refractivity contribution in [3.8, 4) is 16.9 Å². The molecule has 0 atom stereocenters. The maximum atomic E-state index is 12.9. The minimum absolute atomic E-state index is 0.195. The van der Waals surface area contributed by atoms with E-state index >= 15 is 0 Å². The van der Waals surface area contributed by atoms with E-state index < -0.39 is 0 Å². The van der Waals surface area contributed by atoms with Crippen LogP contribution in [0.1, 0.15) is 0 Å². The average molecular weight is 377 g/mol. The van der Waals surface area contributed by atoms with Gasteiger partial charge < -0.3 is 15.0 Å². The summed E-state index contributed by atoms with van der Waals surface area (Å²) >= 11 is 6.24. The number of nitrogens with one attached hydrogen (secondary N) is 2. The molecule has 0 saturated heterocycles. The van der Waals surface area contributed by atoms with Gasteiger partial charge in [-0.25, -0.2) is 0 Å². The molecule has 0 bridgehead atoms. The van der Waals surface area contributed by atoms with Crippen molar-refractivity contribution < 1.29 is 4.74 Å². The molecule has 27 heavy (non-hydrogen) atoms. The number of hydrogen-bond acceptors (Lipinski definition) is 3. The summed E-state index contributed by atoms with van der Waals surface area (Å²) < 4.78 is 5.20. The van der Waals surface area contributed by atoms with E-state index in [9.17, 15) is 4.79 Å². The van der Waals surface area contributed by atoms with Crippen LogP contribution in [0, 0.1) is 0 Å². The lowest BCUT2D eigenvalue weighted by Crippen LogP contribution is -2.13. The van der Waals surface area contributed by atoms with Gasteiger partial charge in [0.1, 0.15) is 11.4 Å². The number of fused-ring (bicyclic) bond motifs is 1. The van der Waals surface area contributed by atoms with Crippen LogP contribution in [0.5, 0.6) is 5.75 Å². The fourth-order valence-electron chi connectivity index (χ4n) is 3.11. The molecular weight excluding hydrogens is 360 g/mol. The standard InChI is InChI=1S/C22H17ClN2O2/c1-27-17-10-8-16(9-11-17)24-21-20(14-5-3-2-4-6-14)18-13-15(23)7-12-19(18)25-22(21)26/h2-13,24H,1H3,(H,25,26). The van der Waals surface area contributed by atoms with Crippen LogP contribution in [0.3, 0.4) is 0 Å². The van der Waals surface area contributed by atoms with Gasteiger partial charge in [0, 0.05) is 27.2 Å². The molecular formula is C22H17ClN2O2. The largest absolute Gasteiger partial charge is 0.497 e. The molecule has 4 nitrogen and oxygen atoms in total. The number of H-pyrrole nitrogens is 1. The first-order valence-electron chi connectivity index (χ1n) is 8.48. The highest BCUT2D eigenvalue weighted by Crippen LogP contribution is 2.35. The van der Waals surface area contributed by atoms with Gasteiger partial charge in [-0.05, 0) is 48.0 Å². The van der Waals surface area contributed by atoms with Crippen molar-refractivity contribution in [2.24, 2.45) is 0 Å². The lowest BCUT2D eigenvalue weighted by molar-refractivity contribution is 0.415. The molecule has 0 radical (unpaired) electrons. The lowest BCUT2D eigenvalue weighted by atomic mass is 9.99. The molecule has 5 heteroatoms. The summed E-state index contributed by atoms with van der Waals surface area (Å²) in [5.74, 6) is 0.753. The summed E-state index contributed by atoms with van der Waals surface area (Å²) in [6.07, 6.45) is 0. The Hall–Kier alpha value is -3.24. The van der Waals surface area contributed by atoms with E-state index in [0.29, 0.717) is 10.7 Å². The smallest absolute Gasteiger partial charge is 0.272 e. The van der Waals surface area contributed by atoms with Crippen LogP contribution in [0.2, 0.25) is 5.02 Å². The van der Waals surface area contributed by atoms with Gasteiger partial charge >= 0.3 is 0 Å². The first kappa shape index (κ1) is 17.2. The number of methoxy groups -OCH3 is 1. The van der Waals surface area contributed by atoms with Crippen molar-refractivity contribution in [1.82, 2.24) is 4.98 Å². The third-order valence-corrected chi connectivity index (χ3v) is 4.63. The van der Waals surface area contributed by atoms with Crippen LogP contribution in [-0.4, -0.2) is 12.1 Å². The van der Waals surface area contributed by atoms with Gasteiger partial charge in [0.2, 0.25) is 0 Å². The Morgan fingerprint density at radius 3 is 2.41 bits per heavy atom. The molecule has 0 amide bonds. The predicted molar refractivity (Wildman–Crippen MR) is 111 cm³/mol. The summed E-state index contributed by atoms with van der Waals surface area (Å²) in [4.78, 5) is 15.8. The van der Waals surface area contributed by atoms with Crippen LogP contribution < -0.4 is 15.6 Å². The SMILES string of the molecule is COc1ccc(Nc2c(-c3ccccc3)c3cc(Cl)ccc3[nH]c2=O)cc1. The molecule has 4 aromatic rings. The Balaban J connectivity index is 1.95. The number of benzene rings is 3. The number of anilines is 2. The number of pyridine rings is 1. The minimum atomic E-state index is -0.195. The fraction of sp³-hybridized carbons (Fsp3) is 0.0455. The molecule has 4 rings (SSSR count). The molecule has 0 spiro atoms. The highest BCUT2D eigenvalue weighted by molar-refractivity contribution is 6.31. The van der Waals surface area contributed by atoms with Gasteiger partial charge in [-0.3, -0.25) is 4.79 Å². The highest BCUT2D eigenvalue weighted by atomic mass is 35.5. The van der Waals surface area contributed by atoms with Crippen LogP contribution in [0.4, 0.5) is 11.4 Å². The molecule has 0 aliphatic heterocycles. The zero-order valence-electron chi connectivity index (χ0n) is 14.6. The third-order valence-electron chi connectivity index (χ3n) is 4.40. The van der Waals surface area contributed by atoms with E-state index in [1.54, 1.807) is 13.2 Å². The van der Waals surface area contributed by atoms with Crippen molar-refractivity contribution in [3.05, 3.63) is 88.2 Å². The number of aromatic nitrogens is 1. The maximum Gasteiger partial charge on any atom is 0.272 e. The van der Waals surface area contributed by atoms with E-state index in [0.717, 1.165) is 33.5 Å². The first-order chi connectivity index (χ1) is 13.2. The van der Waals surface area contributed by atoms with Crippen molar-refractivity contribution in [1.29, 1.82) is 0 Å². The molecule has 0 saturated carbocycles. The minimum Gasteiger partial charge on any atom is -0.497 e. The topological polar surface area (TPSA) is 54.1 Å². The monoisotopic (exact) mass is 376 g/mol. The second kappa shape index (κ2) is 7.17. The molecule has 2 N–H and O–H groups in total. The van der Waals surface area contributed by atoms with Crippen molar-refractivity contribution >= 4 is 33.9 Å². The lowest BCUT2D eigenvalue weighted by Gasteiger charge is -2.15. The van der Waals surface area contributed by atoms with Crippen molar-refractivity contribution in [3.63, 3.8) is 0 Å². The molecule has 0 unspecified atom stereocenters. The quantitative estimate of drug-likeness (QED) is 0.487. The Labute approximate surface area is 161 Å². The van der Waals surface area contributed by atoms with E-state index in [1.807, 2.05) is 66.7 Å². The van der Waals surface area contributed by atoms with E-state index in [2.05, 4.69) is 10.3 Å². The normalized spacial score (nSPS) is 10.7. The second-order valence-electron chi connectivity index (χ2n) is 6.11. The number of hydrogen-bond donors (Lipinski definition) is 2. The zero-order chi connectivity index (χ0) is 18.8. The number of rotatable bonds is 4. The Morgan fingerprint density at radius 2 is 1.70 bits per heavy atom. The van der Waals surface area contributed by atoms with Gasteiger partial charge in [0.05, 0.1) is 7.11 Å². The van der Waals surface area contributed by atoms with Gasteiger partial charge in [-0.15, -0.1) is 0 Å². The van der Waals surface area contributed by atoms with Crippen LogP contribution in [0.15, 0.2) is 77.6 Å². The Morgan fingerprint density at radius 1 is 0.963 bits per heavy atom. The molecule has 134 valence electrons. The zero-order valence-corrected chi connectivity index (χ0v) is 15.4. The Kier molecular flexibility index (Phi) is 4.57. The van der Waals surface area contributed by atoms with Gasteiger partial charge in [0.25, 0.3) is 5.56 Å². The summed E-state index contributed by atoms with van der Waals surface area (Å²) in [5.41, 5.74) is 3.56. The second-order valence-corrected chi connectivity index (χ2v) is 6.55. The summed E-state index contributed by atoms with van der Waals surface area (Å²) in [6, 6.07) is 22.7. The van der Waals surface area contributed by atoms with Crippen LogP contribution >= 0.6 is 11.6 Å². The third kappa shape index (κ3) is 3.39. The number of aromatic amines is 1. The van der Waals surface area contributed by atoms with Crippen LogP contribution in [-0.2, 0) is 0 Å². The maximum absolute atomic E-state index is 12.9. The summed E-state index contributed by atoms with van der Waals surface area (Å²) in [6.45, 7) is 0. The predicted octanol–water partition coefficient (Wildman–Crippen LogP) is 5.60.